The normalized spacial score (nSPS) is 10.3. The number of aliphatic carboxylic acids is 2. The summed E-state index contributed by atoms with van der Waals surface area (Å²) in [6, 6.07) is 24.4. The van der Waals surface area contributed by atoms with Crippen LogP contribution in [0.1, 0.15) is 28.8 Å². The zero-order valence-corrected chi connectivity index (χ0v) is 21.8. The first-order chi connectivity index (χ1) is 18.7. The van der Waals surface area contributed by atoms with E-state index in [0.717, 1.165) is 36.2 Å². The summed E-state index contributed by atoms with van der Waals surface area (Å²) >= 11 is 0. The smallest absolute Gasteiger partial charge is 0.328 e. The van der Waals surface area contributed by atoms with Crippen molar-refractivity contribution < 1.29 is 29.3 Å². The first kappa shape index (κ1) is 30.3. The summed E-state index contributed by atoms with van der Waals surface area (Å²) in [6.45, 7) is 1.67. The van der Waals surface area contributed by atoms with Gasteiger partial charge in [0.05, 0.1) is 18.2 Å². The van der Waals surface area contributed by atoms with Gasteiger partial charge in [0, 0.05) is 23.4 Å². The van der Waals surface area contributed by atoms with Crippen molar-refractivity contribution in [3.63, 3.8) is 0 Å². The van der Waals surface area contributed by atoms with Gasteiger partial charge in [-0.05, 0) is 87.1 Å². The quantitative estimate of drug-likeness (QED) is 0.235. The van der Waals surface area contributed by atoms with Crippen molar-refractivity contribution in [3.8, 4) is 22.9 Å². The molecule has 202 valence electrons. The molecule has 9 heteroatoms. The molecule has 0 aliphatic heterocycles. The zero-order valence-electron chi connectivity index (χ0n) is 21.8. The summed E-state index contributed by atoms with van der Waals surface area (Å²) in [4.78, 5) is 33.9. The molecule has 0 spiro atoms. The van der Waals surface area contributed by atoms with Gasteiger partial charge in [0.25, 0.3) is 5.91 Å². The van der Waals surface area contributed by atoms with E-state index >= 15 is 0 Å². The molecule has 3 aromatic rings. The SMILES string of the molecule is CN(C)CCCCOc1cccc(C(=O)Nc2ccc(-c3ccc(C#N)cc3)cc2)c1.O=C(O)/C=C\C(=O)O. The fourth-order valence-electron chi connectivity index (χ4n) is 3.28. The highest BCUT2D eigenvalue weighted by Gasteiger charge is 2.08. The van der Waals surface area contributed by atoms with Gasteiger partial charge in [-0.1, -0.05) is 30.3 Å². The Kier molecular flexibility index (Phi) is 12.4. The Hall–Kier alpha value is -4.94. The van der Waals surface area contributed by atoms with Crippen molar-refractivity contribution in [1.29, 1.82) is 5.26 Å². The number of ether oxygens (including phenoxy) is 1. The van der Waals surface area contributed by atoms with Gasteiger partial charge in [-0.15, -0.1) is 0 Å². The Morgan fingerprint density at radius 2 is 1.49 bits per heavy atom. The number of anilines is 1. The number of rotatable bonds is 11. The van der Waals surface area contributed by atoms with Crippen molar-refractivity contribution in [2.24, 2.45) is 0 Å². The van der Waals surface area contributed by atoms with Crippen LogP contribution >= 0.6 is 0 Å². The predicted molar refractivity (Wildman–Crippen MR) is 149 cm³/mol. The number of carbonyl (C=O) groups excluding carboxylic acids is 1. The van der Waals surface area contributed by atoms with Crippen molar-refractivity contribution in [3.05, 3.63) is 96.1 Å². The van der Waals surface area contributed by atoms with E-state index in [1.54, 1.807) is 24.3 Å². The van der Waals surface area contributed by atoms with E-state index in [1.165, 1.54) is 0 Å². The summed E-state index contributed by atoms with van der Waals surface area (Å²) in [5.74, 6) is -1.99. The molecule has 0 fully saturated rings. The fraction of sp³-hybridized carbons (Fsp3) is 0.200. The third-order valence-electron chi connectivity index (χ3n) is 5.22. The number of benzene rings is 3. The second-order valence-electron chi connectivity index (χ2n) is 8.62. The number of nitriles is 1. The first-order valence-corrected chi connectivity index (χ1v) is 12.1. The predicted octanol–water partition coefficient (Wildman–Crippen LogP) is 4.91. The number of nitrogens with zero attached hydrogens (tertiary/aromatic N) is 2. The molecule has 39 heavy (non-hydrogen) atoms. The lowest BCUT2D eigenvalue weighted by Gasteiger charge is -2.11. The number of unbranched alkanes of at least 4 members (excludes halogenated alkanes) is 1. The third kappa shape index (κ3) is 11.8. The Labute approximate surface area is 227 Å². The van der Waals surface area contributed by atoms with Gasteiger partial charge in [0.15, 0.2) is 0 Å². The standard InChI is InChI=1S/C26H27N3O2.C4H4O4/c1-29(2)16-3-4-17-31-25-7-5-6-23(18-25)26(30)28-24-14-12-22(13-15-24)21-10-8-20(19-27)9-11-21;5-3(6)1-2-4(7)8/h5-15,18H,3-4,16-17H2,1-2H3,(H,28,30);1-2H,(H,5,6)(H,7,8)/b;2-1-. The molecule has 0 saturated carbocycles. The molecule has 3 N–H and O–H groups in total. The molecular formula is C30H31N3O6. The molecular weight excluding hydrogens is 498 g/mol. The topological polar surface area (TPSA) is 140 Å². The molecule has 0 bridgehead atoms. The van der Waals surface area contributed by atoms with Crippen LogP contribution in [0.3, 0.4) is 0 Å². The number of hydrogen-bond donors (Lipinski definition) is 3. The second-order valence-corrected chi connectivity index (χ2v) is 8.62. The van der Waals surface area contributed by atoms with Gasteiger partial charge in [-0.2, -0.15) is 5.26 Å². The van der Waals surface area contributed by atoms with E-state index in [-0.39, 0.29) is 5.91 Å². The molecule has 0 unspecified atom stereocenters. The van der Waals surface area contributed by atoms with E-state index in [0.29, 0.717) is 35.6 Å². The number of nitrogens with one attached hydrogen (secondary N) is 1. The van der Waals surface area contributed by atoms with Crippen LogP contribution in [0.5, 0.6) is 5.75 Å². The summed E-state index contributed by atoms with van der Waals surface area (Å²) < 4.78 is 5.79. The highest BCUT2D eigenvalue weighted by Crippen LogP contribution is 2.22. The molecule has 0 saturated heterocycles. The van der Waals surface area contributed by atoms with Gasteiger partial charge >= 0.3 is 11.9 Å². The number of hydrogen-bond acceptors (Lipinski definition) is 6. The minimum Gasteiger partial charge on any atom is -0.494 e. The van der Waals surface area contributed by atoms with Crippen LogP contribution in [0.4, 0.5) is 5.69 Å². The molecule has 3 rings (SSSR count). The van der Waals surface area contributed by atoms with E-state index in [2.05, 4.69) is 30.4 Å². The van der Waals surface area contributed by atoms with Crippen LogP contribution in [0.15, 0.2) is 84.9 Å². The lowest BCUT2D eigenvalue weighted by Crippen LogP contribution is -2.14. The second kappa shape index (κ2) is 16.0. The fourth-order valence-corrected chi connectivity index (χ4v) is 3.28. The molecule has 0 atom stereocenters. The maximum atomic E-state index is 12.6. The van der Waals surface area contributed by atoms with E-state index in [4.69, 9.17) is 20.2 Å². The minimum absolute atomic E-state index is 0.177. The third-order valence-corrected chi connectivity index (χ3v) is 5.22. The molecule has 0 radical (unpaired) electrons. The van der Waals surface area contributed by atoms with Crippen LogP contribution in [0, 0.1) is 11.3 Å². The molecule has 9 nitrogen and oxygen atoms in total. The number of amides is 1. The highest BCUT2D eigenvalue weighted by atomic mass is 16.5. The lowest BCUT2D eigenvalue weighted by atomic mass is 10.0. The van der Waals surface area contributed by atoms with Crippen LogP contribution in [0.2, 0.25) is 0 Å². The van der Waals surface area contributed by atoms with Crippen LogP contribution in [-0.4, -0.2) is 60.2 Å². The molecule has 0 aromatic heterocycles. The summed E-state index contributed by atoms with van der Waals surface area (Å²) in [5.41, 5.74) is 3.95. The van der Waals surface area contributed by atoms with Gasteiger partial charge in [0.2, 0.25) is 0 Å². The van der Waals surface area contributed by atoms with Crippen molar-refractivity contribution >= 4 is 23.5 Å². The van der Waals surface area contributed by atoms with E-state index in [1.807, 2.05) is 48.5 Å². The Morgan fingerprint density at radius 1 is 0.897 bits per heavy atom. The van der Waals surface area contributed by atoms with Crippen molar-refractivity contribution in [2.45, 2.75) is 12.8 Å². The number of carboxylic acid groups (broad SMARTS) is 2. The maximum Gasteiger partial charge on any atom is 0.328 e. The van der Waals surface area contributed by atoms with Gasteiger partial charge in [0.1, 0.15) is 5.75 Å². The lowest BCUT2D eigenvalue weighted by molar-refractivity contribution is -0.134. The van der Waals surface area contributed by atoms with E-state index < -0.39 is 11.9 Å². The first-order valence-electron chi connectivity index (χ1n) is 12.1. The minimum atomic E-state index is -1.26. The number of carbonyl (C=O) groups is 3. The zero-order chi connectivity index (χ0) is 28.6. The molecule has 3 aromatic carbocycles. The molecule has 0 heterocycles. The average Bonchev–Trinajstić information content (AvgIpc) is 2.92. The van der Waals surface area contributed by atoms with Gasteiger partial charge < -0.3 is 25.2 Å². The van der Waals surface area contributed by atoms with E-state index in [9.17, 15) is 14.4 Å². The van der Waals surface area contributed by atoms with Crippen LogP contribution in [0.25, 0.3) is 11.1 Å². The van der Waals surface area contributed by atoms with Crippen molar-refractivity contribution in [2.75, 3.05) is 32.6 Å². The Morgan fingerprint density at radius 3 is 2.03 bits per heavy atom. The highest BCUT2D eigenvalue weighted by molar-refractivity contribution is 6.04. The van der Waals surface area contributed by atoms with Crippen molar-refractivity contribution in [1.82, 2.24) is 4.90 Å². The Bertz CT molecular complexity index is 1290. The van der Waals surface area contributed by atoms with Crippen LogP contribution < -0.4 is 10.1 Å². The molecule has 0 aliphatic rings. The largest absolute Gasteiger partial charge is 0.494 e. The van der Waals surface area contributed by atoms with Gasteiger partial charge in [-0.3, -0.25) is 4.79 Å². The molecule has 0 aliphatic carbocycles. The van der Waals surface area contributed by atoms with Gasteiger partial charge in [-0.25, -0.2) is 9.59 Å². The Balaban J connectivity index is 0.000000580. The van der Waals surface area contributed by atoms with Crippen LogP contribution in [-0.2, 0) is 9.59 Å². The maximum absolute atomic E-state index is 12.6. The average molecular weight is 530 g/mol. The summed E-state index contributed by atoms with van der Waals surface area (Å²) in [7, 11) is 4.12. The summed E-state index contributed by atoms with van der Waals surface area (Å²) in [6.07, 6.45) is 3.16. The molecule has 1 amide bonds. The summed E-state index contributed by atoms with van der Waals surface area (Å²) in [5, 5.41) is 27.5. The monoisotopic (exact) mass is 529 g/mol. The number of carboxylic acids is 2.